The van der Waals surface area contributed by atoms with Crippen LogP contribution >= 0.6 is 0 Å². The molecule has 3 rings (SSSR count). The number of benzene rings is 1. The average Bonchev–Trinajstić information content (AvgIpc) is 3.25. The Bertz CT molecular complexity index is 923. The van der Waals surface area contributed by atoms with Crippen LogP contribution in [0.1, 0.15) is 18.7 Å². The molecule has 1 aliphatic rings. The standard InChI is InChI=1S/C17H20N2O7S/c1-23-13-4-3-12(8-14(13)24-2)17-18-15(26-19-17)9-25-16(20)7-11-5-6-27(21,22)10-11/h3-4,8,11H,5-7,9-10H2,1-2H3/t11-/m1/s1. The highest BCUT2D eigenvalue weighted by molar-refractivity contribution is 7.91. The summed E-state index contributed by atoms with van der Waals surface area (Å²) in [6, 6.07) is 5.18. The first kappa shape index (κ1) is 19.2. The van der Waals surface area contributed by atoms with E-state index < -0.39 is 15.8 Å². The molecule has 1 aromatic heterocycles. The minimum absolute atomic E-state index is 0.0338. The van der Waals surface area contributed by atoms with E-state index in [1.54, 1.807) is 25.3 Å². The summed E-state index contributed by atoms with van der Waals surface area (Å²) in [5, 5.41) is 3.86. The van der Waals surface area contributed by atoms with Crippen LogP contribution in [-0.2, 0) is 26.0 Å². The van der Waals surface area contributed by atoms with E-state index in [2.05, 4.69) is 10.1 Å². The van der Waals surface area contributed by atoms with Gasteiger partial charge in [-0.05, 0) is 30.5 Å². The van der Waals surface area contributed by atoms with Crippen molar-refractivity contribution in [3.05, 3.63) is 24.1 Å². The molecular formula is C17H20N2O7S. The Morgan fingerprint density at radius 1 is 1.26 bits per heavy atom. The van der Waals surface area contributed by atoms with E-state index in [1.165, 1.54) is 7.11 Å². The molecule has 1 fully saturated rings. The van der Waals surface area contributed by atoms with Crippen molar-refractivity contribution in [1.82, 2.24) is 10.1 Å². The van der Waals surface area contributed by atoms with Crippen LogP contribution in [0, 0.1) is 5.92 Å². The van der Waals surface area contributed by atoms with Gasteiger partial charge in [0.05, 0.1) is 25.7 Å². The van der Waals surface area contributed by atoms with Gasteiger partial charge in [0.25, 0.3) is 5.89 Å². The van der Waals surface area contributed by atoms with Gasteiger partial charge in [-0.2, -0.15) is 4.98 Å². The van der Waals surface area contributed by atoms with Crippen LogP contribution in [0.3, 0.4) is 0 Å². The number of hydrogen-bond acceptors (Lipinski definition) is 9. The minimum Gasteiger partial charge on any atom is -0.493 e. The van der Waals surface area contributed by atoms with Crippen molar-refractivity contribution >= 4 is 15.8 Å². The highest BCUT2D eigenvalue weighted by Gasteiger charge is 2.30. The predicted octanol–water partition coefficient (Wildman–Crippen LogP) is 1.62. The van der Waals surface area contributed by atoms with Crippen LogP contribution in [0.2, 0.25) is 0 Å². The van der Waals surface area contributed by atoms with Gasteiger partial charge >= 0.3 is 5.97 Å². The van der Waals surface area contributed by atoms with E-state index in [1.807, 2.05) is 0 Å². The predicted molar refractivity (Wildman–Crippen MR) is 94.0 cm³/mol. The van der Waals surface area contributed by atoms with Crippen molar-refractivity contribution in [2.75, 3.05) is 25.7 Å². The topological polar surface area (TPSA) is 118 Å². The van der Waals surface area contributed by atoms with E-state index in [0.717, 1.165) is 0 Å². The molecule has 0 N–H and O–H groups in total. The number of carbonyl (C=O) groups is 1. The van der Waals surface area contributed by atoms with Crippen LogP contribution < -0.4 is 9.47 Å². The Morgan fingerprint density at radius 2 is 2.04 bits per heavy atom. The molecule has 146 valence electrons. The van der Waals surface area contributed by atoms with E-state index in [4.69, 9.17) is 18.7 Å². The molecule has 0 aliphatic carbocycles. The monoisotopic (exact) mass is 396 g/mol. The molecule has 1 aliphatic heterocycles. The van der Waals surface area contributed by atoms with Gasteiger partial charge in [-0.3, -0.25) is 4.79 Å². The molecule has 0 bridgehead atoms. The van der Waals surface area contributed by atoms with Gasteiger partial charge in [0.1, 0.15) is 0 Å². The van der Waals surface area contributed by atoms with Crippen LogP contribution in [0.25, 0.3) is 11.4 Å². The Kier molecular flexibility index (Phi) is 5.64. The zero-order chi connectivity index (χ0) is 19.4. The quantitative estimate of drug-likeness (QED) is 0.643. The summed E-state index contributed by atoms with van der Waals surface area (Å²) in [4.78, 5) is 16.1. The zero-order valence-corrected chi connectivity index (χ0v) is 15.8. The third-order valence-electron chi connectivity index (χ3n) is 4.25. The lowest BCUT2D eigenvalue weighted by molar-refractivity contribution is -0.146. The summed E-state index contributed by atoms with van der Waals surface area (Å²) in [5.74, 6) is 1.06. The Morgan fingerprint density at radius 3 is 2.70 bits per heavy atom. The summed E-state index contributed by atoms with van der Waals surface area (Å²) in [7, 11) is 0.0529. The molecule has 1 aromatic carbocycles. The Balaban J connectivity index is 1.57. The SMILES string of the molecule is COc1ccc(-c2noc(COC(=O)C[C@H]3CCS(=O)(=O)C3)n2)cc1OC. The number of sulfone groups is 1. The maximum Gasteiger partial charge on any atom is 0.306 e. The van der Waals surface area contributed by atoms with Crippen LogP contribution in [-0.4, -0.2) is 50.3 Å². The van der Waals surface area contributed by atoms with Gasteiger partial charge in [-0.15, -0.1) is 0 Å². The van der Waals surface area contributed by atoms with Gasteiger partial charge in [-0.25, -0.2) is 8.42 Å². The van der Waals surface area contributed by atoms with E-state index >= 15 is 0 Å². The maximum absolute atomic E-state index is 11.9. The van der Waals surface area contributed by atoms with Crippen molar-refractivity contribution in [3.63, 3.8) is 0 Å². The van der Waals surface area contributed by atoms with E-state index in [0.29, 0.717) is 29.3 Å². The fourth-order valence-corrected chi connectivity index (χ4v) is 4.74. The molecule has 2 aromatic rings. The molecule has 27 heavy (non-hydrogen) atoms. The number of rotatable bonds is 7. The number of methoxy groups -OCH3 is 2. The second kappa shape index (κ2) is 7.95. The summed E-state index contributed by atoms with van der Waals surface area (Å²) < 4.78 is 43.5. The van der Waals surface area contributed by atoms with Gasteiger partial charge in [0, 0.05) is 12.0 Å². The molecule has 0 spiro atoms. The highest BCUT2D eigenvalue weighted by Crippen LogP contribution is 2.31. The molecule has 0 unspecified atom stereocenters. The molecule has 9 nitrogen and oxygen atoms in total. The molecule has 2 heterocycles. The van der Waals surface area contributed by atoms with Crippen LogP contribution in [0.5, 0.6) is 11.5 Å². The van der Waals surface area contributed by atoms with Crippen molar-refractivity contribution < 1.29 is 31.9 Å². The number of carbonyl (C=O) groups excluding carboxylic acids is 1. The lowest BCUT2D eigenvalue weighted by Gasteiger charge is -2.07. The number of aromatic nitrogens is 2. The average molecular weight is 396 g/mol. The first-order valence-corrected chi connectivity index (χ1v) is 10.1. The number of esters is 1. The molecule has 0 radical (unpaired) electrons. The molecule has 1 atom stereocenters. The molecular weight excluding hydrogens is 376 g/mol. The second-order valence-corrected chi connectivity index (χ2v) is 8.44. The molecule has 0 saturated carbocycles. The number of hydrogen-bond donors (Lipinski definition) is 0. The lowest BCUT2D eigenvalue weighted by atomic mass is 10.1. The molecule has 1 saturated heterocycles. The third kappa shape index (κ3) is 4.76. The second-order valence-electron chi connectivity index (χ2n) is 6.22. The van der Waals surface area contributed by atoms with Crippen LogP contribution in [0.15, 0.2) is 22.7 Å². The number of nitrogens with zero attached hydrogens (tertiary/aromatic N) is 2. The summed E-state index contributed by atoms with van der Waals surface area (Å²) in [6.45, 7) is -0.168. The fourth-order valence-electron chi connectivity index (χ4n) is 2.88. The lowest BCUT2D eigenvalue weighted by Crippen LogP contribution is -2.13. The van der Waals surface area contributed by atoms with Crippen molar-refractivity contribution in [1.29, 1.82) is 0 Å². The van der Waals surface area contributed by atoms with Crippen molar-refractivity contribution in [3.8, 4) is 22.9 Å². The van der Waals surface area contributed by atoms with Crippen molar-refractivity contribution in [2.24, 2.45) is 5.92 Å². The summed E-state index contributed by atoms with van der Waals surface area (Å²) in [5.41, 5.74) is 0.658. The summed E-state index contributed by atoms with van der Waals surface area (Å²) >= 11 is 0. The normalized spacial score (nSPS) is 18.2. The van der Waals surface area contributed by atoms with Gasteiger partial charge < -0.3 is 18.7 Å². The first-order valence-electron chi connectivity index (χ1n) is 8.31. The fraction of sp³-hybridized carbons (Fsp3) is 0.471. The molecule has 10 heteroatoms. The summed E-state index contributed by atoms with van der Waals surface area (Å²) in [6.07, 6.45) is 0.553. The van der Waals surface area contributed by atoms with Crippen molar-refractivity contribution in [2.45, 2.75) is 19.4 Å². The first-order chi connectivity index (χ1) is 12.9. The number of ether oxygens (including phenoxy) is 3. The Hall–Kier alpha value is -2.62. The van der Waals surface area contributed by atoms with Gasteiger partial charge in [0.15, 0.2) is 27.9 Å². The third-order valence-corrected chi connectivity index (χ3v) is 6.09. The highest BCUT2D eigenvalue weighted by atomic mass is 32.2. The van der Waals surface area contributed by atoms with Crippen LogP contribution in [0.4, 0.5) is 0 Å². The van der Waals surface area contributed by atoms with Gasteiger partial charge in [-0.1, -0.05) is 5.16 Å². The van der Waals surface area contributed by atoms with E-state index in [-0.39, 0.29) is 36.3 Å². The Labute approximate surface area is 156 Å². The van der Waals surface area contributed by atoms with Gasteiger partial charge in [0.2, 0.25) is 5.82 Å². The maximum atomic E-state index is 11.9. The largest absolute Gasteiger partial charge is 0.493 e. The zero-order valence-electron chi connectivity index (χ0n) is 15.0. The van der Waals surface area contributed by atoms with E-state index in [9.17, 15) is 13.2 Å². The minimum atomic E-state index is -3.01. The molecule has 0 amide bonds. The smallest absolute Gasteiger partial charge is 0.306 e.